The van der Waals surface area contributed by atoms with Gasteiger partial charge in [-0.25, -0.2) is 0 Å². The molecule has 2 unspecified atom stereocenters. The number of hydrogen-bond donors (Lipinski definition) is 0. The van der Waals surface area contributed by atoms with Crippen molar-refractivity contribution in [1.29, 1.82) is 0 Å². The molecular formula is C30H32O6. The molecule has 0 N–H and O–H groups in total. The van der Waals surface area contributed by atoms with Crippen molar-refractivity contribution in [3.05, 3.63) is 76.9 Å². The summed E-state index contributed by atoms with van der Waals surface area (Å²) in [7, 11) is 1.41. The zero-order valence-corrected chi connectivity index (χ0v) is 21.0. The van der Waals surface area contributed by atoms with Crippen molar-refractivity contribution in [2.24, 2.45) is 0 Å². The van der Waals surface area contributed by atoms with Gasteiger partial charge in [0.1, 0.15) is 30.0 Å². The number of hydrogen-bond acceptors (Lipinski definition) is 6. The molecule has 3 aromatic carbocycles. The highest BCUT2D eigenvalue weighted by Gasteiger charge is 2.27. The number of methoxy groups -OCH3 is 1. The highest BCUT2D eigenvalue weighted by Crippen LogP contribution is 2.39. The highest BCUT2D eigenvalue weighted by molar-refractivity contribution is 5.72. The molecule has 0 radical (unpaired) electrons. The largest absolute Gasteiger partial charge is 0.492 e. The third-order valence-corrected chi connectivity index (χ3v) is 6.82. The van der Waals surface area contributed by atoms with Gasteiger partial charge in [-0.05, 0) is 65.9 Å². The minimum Gasteiger partial charge on any atom is -0.492 e. The van der Waals surface area contributed by atoms with Gasteiger partial charge in [0.05, 0.1) is 33.4 Å². The Hall–Kier alpha value is -3.51. The van der Waals surface area contributed by atoms with Gasteiger partial charge in [-0.1, -0.05) is 24.3 Å². The van der Waals surface area contributed by atoms with Gasteiger partial charge in [-0.3, -0.25) is 4.79 Å². The van der Waals surface area contributed by atoms with E-state index in [2.05, 4.69) is 50.2 Å². The number of rotatable bonds is 8. The molecule has 6 nitrogen and oxygen atoms in total. The fraction of sp³-hybridized carbons (Fsp3) is 0.367. The van der Waals surface area contributed by atoms with Gasteiger partial charge in [0.2, 0.25) is 0 Å². The van der Waals surface area contributed by atoms with Gasteiger partial charge in [-0.15, -0.1) is 0 Å². The lowest BCUT2D eigenvalue weighted by molar-refractivity contribution is -0.141. The molecule has 5 rings (SSSR count). The first kappa shape index (κ1) is 24.2. The van der Waals surface area contributed by atoms with E-state index in [0.717, 1.165) is 47.0 Å². The van der Waals surface area contributed by atoms with E-state index in [9.17, 15) is 4.79 Å². The smallest absolute Gasteiger partial charge is 0.306 e. The summed E-state index contributed by atoms with van der Waals surface area (Å²) >= 11 is 0. The first-order valence-electron chi connectivity index (χ1n) is 12.4. The maximum atomic E-state index is 11.6. The molecule has 0 spiro atoms. The van der Waals surface area contributed by atoms with Crippen molar-refractivity contribution in [1.82, 2.24) is 0 Å². The van der Waals surface area contributed by atoms with Gasteiger partial charge in [0.25, 0.3) is 0 Å². The van der Waals surface area contributed by atoms with E-state index in [1.54, 1.807) is 0 Å². The second kappa shape index (κ2) is 10.6. The molecule has 2 atom stereocenters. The Labute approximate surface area is 212 Å². The molecule has 1 saturated heterocycles. The number of benzene rings is 3. The second-order valence-electron chi connectivity index (χ2n) is 9.51. The quantitative estimate of drug-likeness (QED) is 0.376. The Morgan fingerprint density at radius 3 is 2.58 bits per heavy atom. The molecule has 2 heterocycles. The standard InChI is InChI=1S/C30H32O6/c1-19-11-26(36-25-9-10-33-18-25)12-20(2)30(19)22-6-4-5-21(13-22)16-34-24-7-8-27-23(14-29(31)32-3)17-35-28(27)15-24/h4-8,11-13,15,23,25H,9-10,14,16-18H2,1-3H3. The third kappa shape index (κ3) is 5.34. The molecule has 1 fully saturated rings. The van der Waals surface area contributed by atoms with E-state index in [4.69, 9.17) is 23.7 Å². The van der Waals surface area contributed by atoms with Crippen molar-refractivity contribution in [3.8, 4) is 28.4 Å². The van der Waals surface area contributed by atoms with E-state index in [0.29, 0.717) is 26.2 Å². The van der Waals surface area contributed by atoms with Crippen LogP contribution in [-0.4, -0.2) is 39.0 Å². The first-order chi connectivity index (χ1) is 17.5. The molecule has 0 aliphatic carbocycles. The normalized spacial score (nSPS) is 18.4. The van der Waals surface area contributed by atoms with Gasteiger partial charge >= 0.3 is 5.97 Å². The summed E-state index contributed by atoms with van der Waals surface area (Å²) in [5, 5.41) is 0. The second-order valence-corrected chi connectivity index (χ2v) is 9.51. The molecule has 2 aliphatic rings. The van der Waals surface area contributed by atoms with Gasteiger partial charge in [0.15, 0.2) is 0 Å². The minimum absolute atomic E-state index is 0.0212. The Bertz CT molecular complexity index is 1220. The van der Waals surface area contributed by atoms with Crippen molar-refractivity contribution >= 4 is 5.97 Å². The van der Waals surface area contributed by atoms with E-state index < -0.39 is 0 Å². The lowest BCUT2D eigenvalue weighted by Gasteiger charge is -2.17. The van der Waals surface area contributed by atoms with Crippen molar-refractivity contribution in [2.45, 2.75) is 45.3 Å². The van der Waals surface area contributed by atoms with Crippen LogP contribution in [0.1, 0.15) is 41.0 Å². The molecule has 188 valence electrons. The highest BCUT2D eigenvalue weighted by atomic mass is 16.5. The summed E-state index contributed by atoms with van der Waals surface area (Å²) in [5.74, 6) is 2.20. The first-order valence-corrected chi connectivity index (χ1v) is 12.4. The minimum atomic E-state index is -0.229. The number of carbonyl (C=O) groups is 1. The van der Waals surface area contributed by atoms with E-state index in [1.165, 1.54) is 23.8 Å². The topological polar surface area (TPSA) is 63.2 Å². The van der Waals surface area contributed by atoms with Gasteiger partial charge in [-0.2, -0.15) is 0 Å². The molecular weight excluding hydrogens is 456 g/mol. The lowest BCUT2D eigenvalue weighted by atomic mass is 9.94. The zero-order valence-electron chi connectivity index (χ0n) is 21.0. The summed E-state index contributed by atoms with van der Waals surface area (Å²) in [4.78, 5) is 11.6. The van der Waals surface area contributed by atoms with Crippen LogP contribution < -0.4 is 14.2 Å². The zero-order chi connectivity index (χ0) is 25.1. The number of aryl methyl sites for hydroxylation is 2. The number of ether oxygens (including phenoxy) is 5. The van der Waals surface area contributed by atoms with Crippen LogP contribution in [0.4, 0.5) is 0 Å². The van der Waals surface area contributed by atoms with Crippen molar-refractivity contribution in [2.75, 3.05) is 26.9 Å². The monoisotopic (exact) mass is 488 g/mol. The Morgan fingerprint density at radius 2 is 1.83 bits per heavy atom. The molecule has 0 saturated carbocycles. The summed E-state index contributed by atoms with van der Waals surface area (Å²) in [5.41, 5.74) is 6.84. The Morgan fingerprint density at radius 1 is 1.00 bits per heavy atom. The van der Waals surface area contributed by atoms with Gasteiger partial charge < -0.3 is 23.7 Å². The summed E-state index contributed by atoms with van der Waals surface area (Å²) in [6.07, 6.45) is 1.39. The molecule has 36 heavy (non-hydrogen) atoms. The molecule has 0 bridgehead atoms. The van der Waals surface area contributed by atoms with Crippen LogP contribution in [0.15, 0.2) is 54.6 Å². The SMILES string of the molecule is COC(=O)CC1COc2cc(OCc3cccc(-c4c(C)cc(OC5CCOC5)cc4C)c3)ccc21. The average Bonchev–Trinajstić information content (AvgIpc) is 3.52. The molecule has 0 aromatic heterocycles. The number of esters is 1. The summed E-state index contributed by atoms with van der Waals surface area (Å²) < 4.78 is 28.3. The summed E-state index contributed by atoms with van der Waals surface area (Å²) in [6, 6.07) is 18.5. The maximum absolute atomic E-state index is 11.6. The predicted octanol–water partition coefficient (Wildman–Crippen LogP) is 5.76. The molecule has 2 aliphatic heterocycles. The van der Waals surface area contributed by atoms with Crippen LogP contribution in [-0.2, 0) is 20.9 Å². The van der Waals surface area contributed by atoms with Crippen molar-refractivity contribution < 1.29 is 28.5 Å². The van der Waals surface area contributed by atoms with E-state index in [-0.39, 0.29) is 18.0 Å². The maximum Gasteiger partial charge on any atom is 0.306 e. The van der Waals surface area contributed by atoms with Crippen LogP contribution in [0.5, 0.6) is 17.2 Å². The number of carbonyl (C=O) groups excluding carboxylic acids is 1. The fourth-order valence-corrected chi connectivity index (χ4v) is 5.03. The van der Waals surface area contributed by atoms with Crippen LogP contribution in [0.25, 0.3) is 11.1 Å². The fourth-order valence-electron chi connectivity index (χ4n) is 5.03. The van der Waals surface area contributed by atoms with Crippen LogP contribution in [0, 0.1) is 13.8 Å². The van der Waals surface area contributed by atoms with E-state index in [1.807, 2.05) is 18.2 Å². The molecule has 6 heteroatoms. The van der Waals surface area contributed by atoms with Crippen LogP contribution in [0.3, 0.4) is 0 Å². The Kier molecular flexibility index (Phi) is 7.14. The number of fused-ring (bicyclic) bond motifs is 1. The predicted molar refractivity (Wildman–Crippen MR) is 137 cm³/mol. The molecule has 3 aromatic rings. The third-order valence-electron chi connectivity index (χ3n) is 6.82. The lowest BCUT2D eigenvalue weighted by Crippen LogP contribution is -2.15. The average molecular weight is 489 g/mol. The van der Waals surface area contributed by atoms with Crippen LogP contribution >= 0.6 is 0 Å². The van der Waals surface area contributed by atoms with E-state index >= 15 is 0 Å². The van der Waals surface area contributed by atoms with Crippen molar-refractivity contribution in [3.63, 3.8) is 0 Å². The van der Waals surface area contributed by atoms with Gasteiger partial charge in [0, 0.05) is 24.0 Å². The Balaban J connectivity index is 1.27. The summed E-state index contributed by atoms with van der Waals surface area (Å²) in [6.45, 7) is 6.60. The van der Waals surface area contributed by atoms with Crippen LogP contribution in [0.2, 0.25) is 0 Å². The molecule has 0 amide bonds.